The minimum atomic E-state index is 0.286. The minimum absolute atomic E-state index is 0.286. The summed E-state index contributed by atoms with van der Waals surface area (Å²) >= 11 is 0. The molecular weight excluding hydrogens is 80.1 g/mol. The normalized spacial score (nSPS) is 8.40. The van der Waals surface area contributed by atoms with Gasteiger partial charge in [-0.25, -0.2) is 0 Å². The van der Waals surface area contributed by atoms with E-state index in [1.165, 1.54) is 0 Å². The van der Waals surface area contributed by atoms with Gasteiger partial charge in [-0.1, -0.05) is 0 Å². The largest absolute Gasteiger partial charge is 0.421 e. The quantitative estimate of drug-likeness (QED) is 0.446. The first-order valence-corrected chi connectivity index (χ1v) is 3.43. The Labute approximate surface area is 35.3 Å². The SMILES string of the molecule is CCO[SiH]C. The van der Waals surface area contributed by atoms with E-state index in [1.54, 1.807) is 0 Å². The maximum atomic E-state index is 4.92. The minimum Gasteiger partial charge on any atom is -0.421 e. The van der Waals surface area contributed by atoms with Gasteiger partial charge < -0.3 is 4.43 Å². The van der Waals surface area contributed by atoms with E-state index in [2.05, 4.69) is 6.55 Å². The lowest BCUT2D eigenvalue weighted by molar-refractivity contribution is 0.364. The molecule has 0 rings (SSSR count). The van der Waals surface area contributed by atoms with Crippen molar-refractivity contribution in [3.05, 3.63) is 0 Å². The smallest absolute Gasteiger partial charge is 0.189 e. The fourth-order valence-corrected chi connectivity index (χ4v) is 0.500. The molecule has 0 aromatic heterocycles. The summed E-state index contributed by atoms with van der Waals surface area (Å²) in [5.41, 5.74) is 0. The Kier molecular flexibility index (Phi) is 4.32. The van der Waals surface area contributed by atoms with E-state index >= 15 is 0 Å². The van der Waals surface area contributed by atoms with Gasteiger partial charge in [0.15, 0.2) is 9.76 Å². The third kappa shape index (κ3) is 4.18. The van der Waals surface area contributed by atoms with Crippen molar-refractivity contribution in [3.63, 3.8) is 0 Å². The molecule has 0 atom stereocenters. The van der Waals surface area contributed by atoms with Crippen LogP contribution >= 0.6 is 0 Å². The van der Waals surface area contributed by atoms with Crippen molar-refractivity contribution in [1.82, 2.24) is 0 Å². The van der Waals surface area contributed by atoms with Gasteiger partial charge in [-0.05, 0) is 13.5 Å². The maximum absolute atomic E-state index is 4.92. The first kappa shape index (κ1) is 5.18. The van der Waals surface area contributed by atoms with Crippen LogP contribution in [0.4, 0.5) is 0 Å². The molecule has 5 heavy (non-hydrogen) atoms. The summed E-state index contributed by atoms with van der Waals surface area (Å²) in [5, 5.41) is 0. The van der Waals surface area contributed by atoms with Crippen LogP contribution in [0.15, 0.2) is 0 Å². The van der Waals surface area contributed by atoms with Gasteiger partial charge in [0.25, 0.3) is 0 Å². The second-order valence-corrected chi connectivity index (χ2v) is 1.50. The molecular formula is C3H9OSi. The predicted octanol–water partition coefficient (Wildman–Crippen LogP) is 0.423. The Morgan fingerprint density at radius 3 is 2.40 bits per heavy atom. The lowest BCUT2D eigenvalue weighted by atomic mass is 10.9. The van der Waals surface area contributed by atoms with Crippen molar-refractivity contribution in [2.45, 2.75) is 13.5 Å². The Hall–Kier alpha value is 0.177. The molecule has 0 N–H and O–H groups in total. The van der Waals surface area contributed by atoms with E-state index in [4.69, 9.17) is 4.43 Å². The molecule has 0 fully saturated rings. The maximum Gasteiger partial charge on any atom is 0.189 e. The molecule has 0 aliphatic rings. The fourth-order valence-electron chi connectivity index (χ4n) is 0.167. The third-order valence-electron chi connectivity index (χ3n) is 0.333. The molecule has 0 aliphatic carbocycles. The van der Waals surface area contributed by atoms with E-state index in [0.29, 0.717) is 0 Å². The van der Waals surface area contributed by atoms with E-state index in [9.17, 15) is 0 Å². The van der Waals surface area contributed by atoms with E-state index in [-0.39, 0.29) is 9.76 Å². The van der Waals surface area contributed by atoms with Crippen LogP contribution in [0.1, 0.15) is 6.92 Å². The molecule has 0 aromatic rings. The highest BCUT2D eigenvalue weighted by Crippen LogP contribution is 1.61. The van der Waals surface area contributed by atoms with E-state index in [1.807, 2.05) is 6.92 Å². The van der Waals surface area contributed by atoms with E-state index < -0.39 is 0 Å². The highest BCUT2D eigenvalue weighted by atomic mass is 28.2. The molecule has 0 heterocycles. The van der Waals surface area contributed by atoms with Crippen LogP contribution in [-0.4, -0.2) is 16.4 Å². The van der Waals surface area contributed by atoms with Gasteiger partial charge in [0.1, 0.15) is 0 Å². The van der Waals surface area contributed by atoms with Gasteiger partial charge in [-0.2, -0.15) is 0 Å². The zero-order valence-corrected chi connectivity index (χ0v) is 4.85. The molecule has 2 heteroatoms. The number of rotatable bonds is 2. The summed E-state index contributed by atoms with van der Waals surface area (Å²) in [7, 11) is 0.286. The molecule has 0 unspecified atom stereocenters. The monoisotopic (exact) mass is 89.0 g/mol. The van der Waals surface area contributed by atoms with Crippen molar-refractivity contribution in [2.75, 3.05) is 6.61 Å². The van der Waals surface area contributed by atoms with Crippen LogP contribution in [0.25, 0.3) is 0 Å². The van der Waals surface area contributed by atoms with E-state index in [0.717, 1.165) is 6.61 Å². The van der Waals surface area contributed by atoms with Gasteiger partial charge in [0.2, 0.25) is 0 Å². The average molecular weight is 89.2 g/mol. The average Bonchev–Trinajstić information content (AvgIpc) is 1.41. The summed E-state index contributed by atoms with van der Waals surface area (Å²) in [6.45, 7) is 4.96. The third-order valence-corrected chi connectivity index (χ3v) is 1.00. The standard InChI is InChI=1S/C3H9OSi/c1-3-4-5-2/h5H,3H2,1-2H3. The zero-order valence-electron chi connectivity index (χ0n) is 3.69. The van der Waals surface area contributed by atoms with Gasteiger partial charge in [-0.15, -0.1) is 0 Å². The summed E-state index contributed by atoms with van der Waals surface area (Å²) in [4.78, 5) is 0. The molecule has 0 aliphatic heterocycles. The second kappa shape index (κ2) is 4.18. The fraction of sp³-hybridized carbons (Fsp3) is 1.00. The molecule has 0 saturated heterocycles. The second-order valence-electron chi connectivity index (χ2n) is 0.691. The lowest BCUT2D eigenvalue weighted by Crippen LogP contribution is -1.88. The molecule has 1 nitrogen and oxygen atoms in total. The van der Waals surface area contributed by atoms with Crippen LogP contribution in [0, 0.1) is 0 Å². The van der Waals surface area contributed by atoms with Crippen LogP contribution < -0.4 is 0 Å². The van der Waals surface area contributed by atoms with Gasteiger partial charge in [0.05, 0.1) is 0 Å². The molecule has 0 aromatic carbocycles. The van der Waals surface area contributed by atoms with Crippen LogP contribution in [0.2, 0.25) is 6.55 Å². The van der Waals surface area contributed by atoms with Gasteiger partial charge in [0, 0.05) is 6.61 Å². The summed E-state index contributed by atoms with van der Waals surface area (Å²) < 4.78 is 4.92. The molecule has 0 saturated carbocycles. The molecule has 0 amide bonds. The summed E-state index contributed by atoms with van der Waals surface area (Å²) in [6, 6.07) is 0. The topological polar surface area (TPSA) is 9.23 Å². The van der Waals surface area contributed by atoms with Crippen molar-refractivity contribution >= 4 is 9.76 Å². The highest BCUT2D eigenvalue weighted by Gasteiger charge is 1.66. The zero-order chi connectivity index (χ0) is 4.12. The summed E-state index contributed by atoms with van der Waals surface area (Å²) in [5.74, 6) is 0. The predicted molar refractivity (Wildman–Crippen MR) is 24.6 cm³/mol. The van der Waals surface area contributed by atoms with Crippen molar-refractivity contribution in [3.8, 4) is 0 Å². The van der Waals surface area contributed by atoms with Crippen molar-refractivity contribution in [1.29, 1.82) is 0 Å². The Balaban J connectivity index is 2.19. The number of hydrogen-bond acceptors (Lipinski definition) is 1. The molecule has 0 bridgehead atoms. The van der Waals surface area contributed by atoms with Crippen LogP contribution in [-0.2, 0) is 4.43 Å². The lowest BCUT2D eigenvalue weighted by Gasteiger charge is -1.85. The van der Waals surface area contributed by atoms with Gasteiger partial charge in [-0.3, -0.25) is 0 Å². The molecule has 0 spiro atoms. The van der Waals surface area contributed by atoms with Crippen molar-refractivity contribution in [2.24, 2.45) is 0 Å². The first-order chi connectivity index (χ1) is 2.41. The Morgan fingerprint density at radius 1 is 1.80 bits per heavy atom. The van der Waals surface area contributed by atoms with Crippen molar-refractivity contribution < 1.29 is 4.43 Å². The summed E-state index contributed by atoms with van der Waals surface area (Å²) in [6.07, 6.45) is 0. The number of hydrogen-bond donors (Lipinski definition) is 0. The Bertz CT molecular complexity index is 14.4. The molecule has 1 radical (unpaired) electrons. The van der Waals surface area contributed by atoms with Gasteiger partial charge >= 0.3 is 0 Å². The Morgan fingerprint density at radius 2 is 2.40 bits per heavy atom. The first-order valence-electron chi connectivity index (χ1n) is 1.81. The highest BCUT2D eigenvalue weighted by molar-refractivity contribution is 6.24. The van der Waals surface area contributed by atoms with Crippen LogP contribution in [0.3, 0.4) is 0 Å². The molecule has 31 valence electrons. The van der Waals surface area contributed by atoms with Crippen LogP contribution in [0.5, 0.6) is 0 Å².